The summed E-state index contributed by atoms with van der Waals surface area (Å²) >= 11 is 0. The predicted octanol–water partition coefficient (Wildman–Crippen LogP) is 0.700. The highest BCUT2D eigenvalue weighted by Crippen LogP contribution is 2.20. The van der Waals surface area contributed by atoms with E-state index in [0.29, 0.717) is 6.54 Å². The van der Waals surface area contributed by atoms with Crippen LogP contribution in [0.15, 0.2) is 36.9 Å². The minimum Gasteiger partial charge on any atom is -0.481 e. The van der Waals surface area contributed by atoms with Crippen LogP contribution in [0, 0.1) is 5.92 Å². The lowest BCUT2D eigenvalue weighted by Crippen LogP contribution is -2.25. The van der Waals surface area contributed by atoms with Gasteiger partial charge >= 0.3 is 5.97 Å². The number of benzene rings is 1. The summed E-state index contributed by atoms with van der Waals surface area (Å²) in [6.07, 6.45) is 3.16. The highest BCUT2D eigenvalue weighted by Gasteiger charge is 2.33. The third kappa shape index (κ3) is 2.76. The molecule has 2 heterocycles. The van der Waals surface area contributed by atoms with Crippen molar-refractivity contribution in [2.24, 2.45) is 5.92 Å². The number of aromatic nitrogens is 3. The number of hydrogen-bond acceptors (Lipinski definition) is 4. The molecule has 1 N–H and O–H groups in total. The molecule has 7 nitrogen and oxygen atoms in total. The fourth-order valence-electron chi connectivity index (χ4n) is 2.41. The van der Waals surface area contributed by atoms with Gasteiger partial charge in [0.05, 0.1) is 11.6 Å². The first kappa shape index (κ1) is 13.3. The molecule has 1 atom stereocenters. The minimum absolute atomic E-state index is 0.0897. The Morgan fingerprint density at radius 1 is 1.33 bits per heavy atom. The predicted molar refractivity (Wildman–Crippen MR) is 72.5 cm³/mol. The first-order valence-electron chi connectivity index (χ1n) is 6.58. The molecule has 1 aliphatic heterocycles. The molecule has 1 aromatic heterocycles. The van der Waals surface area contributed by atoms with Gasteiger partial charge in [-0.2, -0.15) is 5.10 Å². The smallest absolute Gasteiger partial charge is 0.308 e. The molecular weight excluding hydrogens is 272 g/mol. The van der Waals surface area contributed by atoms with Crippen LogP contribution in [0.5, 0.6) is 0 Å². The van der Waals surface area contributed by atoms with Gasteiger partial charge in [0.1, 0.15) is 12.7 Å². The summed E-state index contributed by atoms with van der Waals surface area (Å²) in [7, 11) is 0. The van der Waals surface area contributed by atoms with E-state index in [2.05, 4.69) is 10.1 Å². The summed E-state index contributed by atoms with van der Waals surface area (Å²) in [6, 6.07) is 7.58. The van der Waals surface area contributed by atoms with Gasteiger partial charge in [-0.25, -0.2) is 9.67 Å². The van der Waals surface area contributed by atoms with Crippen molar-refractivity contribution < 1.29 is 14.7 Å². The van der Waals surface area contributed by atoms with Crippen LogP contribution in [0.4, 0.5) is 0 Å². The van der Waals surface area contributed by atoms with Gasteiger partial charge < -0.3 is 10.0 Å². The van der Waals surface area contributed by atoms with E-state index >= 15 is 0 Å². The van der Waals surface area contributed by atoms with Crippen molar-refractivity contribution >= 4 is 11.9 Å². The molecular formula is C14H14N4O3. The van der Waals surface area contributed by atoms with E-state index in [4.69, 9.17) is 5.11 Å². The lowest BCUT2D eigenvalue weighted by Gasteiger charge is -2.16. The SMILES string of the molecule is O=C(O)[C@H]1CC(=O)N(Cc2ccc(-n3cncn3)cc2)C1. The van der Waals surface area contributed by atoms with Crippen LogP contribution in [0.25, 0.3) is 5.69 Å². The zero-order valence-electron chi connectivity index (χ0n) is 11.2. The summed E-state index contributed by atoms with van der Waals surface area (Å²) in [6.45, 7) is 0.708. The van der Waals surface area contributed by atoms with Crippen LogP contribution >= 0.6 is 0 Å². The zero-order valence-corrected chi connectivity index (χ0v) is 11.2. The zero-order chi connectivity index (χ0) is 14.8. The number of amides is 1. The van der Waals surface area contributed by atoms with E-state index in [1.807, 2.05) is 24.3 Å². The molecule has 21 heavy (non-hydrogen) atoms. The van der Waals surface area contributed by atoms with Crippen molar-refractivity contribution in [3.05, 3.63) is 42.5 Å². The van der Waals surface area contributed by atoms with Crippen LogP contribution in [-0.2, 0) is 16.1 Å². The molecule has 1 aromatic carbocycles. The average molecular weight is 286 g/mol. The van der Waals surface area contributed by atoms with Crippen LogP contribution in [0.3, 0.4) is 0 Å². The Labute approximate surface area is 120 Å². The van der Waals surface area contributed by atoms with Gasteiger partial charge in [-0.3, -0.25) is 9.59 Å². The molecule has 1 amide bonds. The highest BCUT2D eigenvalue weighted by atomic mass is 16.4. The van der Waals surface area contributed by atoms with Crippen molar-refractivity contribution in [1.29, 1.82) is 0 Å². The molecule has 1 fully saturated rings. The highest BCUT2D eigenvalue weighted by molar-refractivity contribution is 5.86. The summed E-state index contributed by atoms with van der Waals surface area (Å²) in [5.41, 5.74) is 1.84. The van der Waals surface area contributed by atoms with Gasteiger partial charge in [-0.1, -0.05) is 12.1 Å². The first-order valence-corrected chi connectivity index (χ1v) is 6.58. The van der Waals surface area contributed by atoms with E-state index in [1.165, 1.54) is 6.33 Å². The molecule has 0 saturated carbocycles. The molecule has 1 aliphatic rings. The Hall–Kier alpha value is -2.70. The first-order chi connectivity index (χ1) is 10.1. The number of carboxylic acid groups (broad SMARTS) is 1. The van der Waals surface area contributed by atoms with Crippen molar-refractivity contribution in [2.75, 3.05) is 6.54 Å². The third-order valence-electron chi connectivity index (χ3n) is 3.56. The number of carbonyl (C=O) groups excluding carboxylic acids is 1. The summed E-state index contributed by atoms with van der Waals surface area (Å²) in [4.78, 5) is 28.2. The van der Waals surface area contributed by atoms with Gasteiger partial charge in [-0.05, 0) is 17.7 Å². The van der Waals surface area contributed by atoms with E-state index in [0.717, 1.165) is 11.3 Å². The Kier molecular flexibility index (Phi) is 3.39. The van der Waals surface area contributed by atoms with Crippen molar-refractivity contribution in [3.63, 3.8) is 0 Å². The number of carboxylic acids is 1. The standard InChI is InChI=1S/C14H14N4O3/c19-13-5-11(14(20)21)7-17(13)6-10-1-3-12(4-2-10)18-9-15-8-16-18/h1-4,8-9,11H,5-7H2,(H,20,21)/t11-/m0/s1. The number of hydrogen-bond donors (Lipinski definition) is 1. The van der Waals surface area contributed by atoms with E-state index in [1.54, 1.807) is 15.9 Å². The minimum atomic E-state index is -0.910. The number of aliphatic carboxylic acids is 1. The molecule has 1 saturated heterocycles. The van der Waals surface area contributed by atoms with Gasteiger partial charge in [0.15, 0.2) is 0 Å². The molecule has 0 radical (unpaired) electrons. The van der Waals surface area contributed by atoms with E-state index in [9.17, 15) is 9.59 Å². The number of carbonyl (C=O) groups is 2. The molecule has 2 aromatic rings. The fraction of sp³-hybridized carbons (Fsp3) is 0.286. The van der Waals surface area contributed by atoms with Crippen molar-refractivity contribution in [2.45, 2.75) is 13.0 Å². The third-order valence-corrected chi connectivity index (χ3v) is 3.56. The molecule has 0 aliphatic carbocycles. The van der Waals surface area contributed by atoms with Crippen LogP contribution < -0.4 is 0 Å². The molecule has 108 valence electrons. The van der Waals surface area contributed by atoms with Crippen LogP contribution in [0.1, 0.15) is 12.0 Å². The maximum Gasteiger partial charge on any atom is 0.308 e. The summed E-state index contributed by atoms with van der Waals surface area (Å²) < 4.78 is 1.64. The molecule has 3 rings (SSSR count). The Balaban J connectivity index is 1.68. The number of rotatable bonds is 4. The van der Waals surface area contributed by atoms with Gasteiger partial charge in [-0.15, -0.1) is 0 Å². The number of likely N-dealkylation sites (tertiary alicyclic amines) is 1. The lowest BCUT2D eigenvalue weighted by atomic mass is 10.1. The van der Waals surface area contributed by atoms with Crippen molar-refractivity contribution in [3.8, 4) is 5.69 Å². The molecule has 7 heteroatoms. The lowest BCUT2D eigenvalue weighted by molar-refractivity contribution is -0.141. The summed E-state index contributed by atoms with van der Waals surface area (Å²) in [5.74, 6) is -1.61. The monoisotopic (exact) mass is 286 g/mol. The molecule has 0 bridgehead atoms. The second-order valence-corrected chi connectivity index (χ2v) is 5.02. The van der Waals surface area contributed by atoms with Gasteiger partial charge in [0.25, 0.3) is 0 Å². The Morgan fingerprint density at radius 3 is 2.67 bits per heavy atom. The Morgan fingerprint density at radius 2 is 2.10 bits per heavy atom. The second-order valence-electron chi connectivity index (χ2n) is 5.02. The van der Waals surface area contributed by atoms with Crippen molar-refractivity contribution in [1.82, 2.24) is 19.7 Å². The number of nitrogens with zero attached hydrogens (tertiary/aromatic N) is 4. The van der Waals surface area contributed by atoms with Gasteiger partial charge in [0, 0.05) is 19.5 Å². The van der Waals surface area contributed by atoms with E-state index in [-0.39, 0.29) is 18.9 Å². The molecule has 0 unspecified atom stereocenters. The molecule has 0 spiro atoms. The second kappa shape index (κ2) is 5.35. The largest absolute Gasteiger partial charge is 0.481 e. The quantitative estimate of drug-likeness (QED) is 0.893. The average Bonchev–Trinajstić information content (AvgIpc) is 3.10. The van der Waals surface area contributed by atoms with Gasteiger partial charge in [0.2, 0.25) is 5.91 Å². The maximum atomic E-state index is 11.8. The summed E-state index contributed by atoms with van der Waals surface area (Å²) in [5, 5.41) is 13.0. The maximum absolute atomic E-state index is 11.8. The van der Waals surface area contributed by atoms with Crippen LogP contribution in [0.2, 0.25) is 0 Å². The van der Waals surface area contributed by atoms with Crippen LogP contribution in [-0.4, -0.2) is 43.2 Å². The Bertz CT molecular complexity index is 651. The topological polar surface area (TPSA) is 88.3 Å². The van der Waals surface area contributed by atoms with E-state index < -0.39 is 11.9 Å². The fourth-order valence-corrected chi connectivity index (χ4v) is 2.41. The normalized spacial score (nSPS) is 18.2.